The van der Waals surface area contributed by atoms with E-state index in [0.717, 1.165) is 53.5 Å². The molecule has 1 unspecified atom stereocenters. The van der Waals surface area contributed by atoms with Crippen LogP contribution in [0.2, 0.25) is 5.02 Å². The Labute approximate surface area is 225 Å². The van der Waals surface area contributed by atoms with E-state index in [4.69, 9.17) is 30.5 Å². The Hall–Kier alpha value is -2.93. The molecule has 0 aliphatic heterocycles. The first kappa shape index (κ1) is 28.6. The molecule has 0 heterocycles. The smallest absolute Gasteiger partial charge is 0.161 e. The van der Waals surface area contributed by atoms with E-state index in [2.05, 4.69) is 17.0 Å². The molecule has 7 heteroatoms. The van der Waals surface area contributed by atoms with E-state index in [1.54, 1.807) is 14.2 Å². The van der Waals surface area contributed by atoms with Crippen LogP contribution in [0.15, 0.2) is 60.7 Å². The van der Waals surface area contributed by atoms with Gasteiger partial charge in [-0.1, -0.05) is 35.9 Å². The summed E-state index contributed by atoms with van der Waals surface area (Å²) in [5.41, 5.74) is 3.07. The van der Waals surface area contributed by atoms with Gasteiger partial charge >= 0.3 is 0 Å². The number of hydrogen-bond donors (Lipinski definition) is 1. The topological polar surface area (TPSA) is 60.4 Å². The third-order valence-corrected chi connectivity index (χ3v) is 6.30. The summed E-state index contributed by atoms with van der Waals surface area (Å²) in [6, 6.07) is 19.5. The van der Waals surface area contributed by atoms with Crippen LogP contribution in [-0.2, 0) is 13.0 Å². The molecule has 0 saturated heterocycles. The molecule has 0 radical (unpaired) electrons. The third-order valence-electron chi connectivity index (χ3n) is 6.07. The van der Waals surface area contributed by atoms with Gasteiger partial charge < -0.3 is 24.1 Å². The second kappa shape index (κ2) is 14.7. The Morgan fingerprint density at radius 3 is 2.19 bits per heavy atom. The van der Waals surface area contributed by atoms with Gasteiger partial charge in [0.1, 0.15) is 0 Å². The molecule has 0 amide bonds. The molecule has 1 atom stereocenters. The summed E-state index contributed by atoms with van der Waals surface area (Å²) in [4.78, 5) is 2.26. The number of halogens is 1. The van der Waals surface area contributed by atoms with Crippen molar-refractivity contribution < 1.29 is 24.1 Å². The lowest BCUT2D eigenvalue weighted by Crippen LogP contribution is -2.29. The maximum atomic E-state index is 11.0. The summed E-state index contributed by atoms with van der Waals surface area (Å²) >= 11 is 6.17. The lowest BCUT2D eigenvalue weighted by atomic mass is 10.1. The van der Waals surface area contributed by atoms with E-state index in [1.807, 2.05) is 62.4 Å². The average Bonchev–Trinajstić information content (AvgIpc) is 2.90. The van der Waals surface area contributed by atoms with Crippen molar-refractivity contribution in [1.82, 2.24) is 4.90 Å². The van der Waals surface area contributed by atoms with Gasteiger partial charge in [0.2, 0.25) is 0 Å². The highest BCUT2D eigenvalue weighted by atomic mass is 35.5. The van der Waals surface area contributed by atoms with Crippen molar-refractivity contribution in [3.05, 3.63) is 82.4 Å². The Morgan fingerprint density at radius 1 is 0.811 bits per heavy atom. The van der Waals surface area contributed by atoms with Crippen LogP contribution in [0.1, 0.15) is 43.1 Å². The highest BCUT2D eigenvalue weighted by Crippen LogP contribution is 2.30. The van der Waals surface area contributed by atoms with Gasteiger partial charge in [0.05, 0.1) is 33.5 Å². The quantitative estimate of drug-likeness (QED) is 0.249. The van der Waals surface area contributed by atoms with Gasteiger partial charge in [-0.05, 0) is 86.3 Å². The van der Waals surface area contributed by atoms with Gasteiger partial charge in [0.25, 0.3) is 0 Å². The average molecular weight is 528 g/mol. The number of rotatable bonds is 15. The zero-order valence-electron chi connectivity index (χ0n) is 22.2. The predicted octanol–water partition coefficient (Wildman–Crippen LogP) is 6.32. The fourth-order valence-corrected chi connectivity index (χ4v) is 4.49. The maximum Gasteiger partial charge on any atom is 0.161 e. The summed E-state index contributed by atoms with van der Waals surface area (Å²) in [7, 11) is 3.28. The van der Waals surface area contributed by atoms with Crippen LogP contribution in [0.5, 0.6) is 23.0 Å². The van der Waals surface area contributed by atoms with Crippen LogP contribution in [0.4, 0.5) is 0 Å². The molecule has 0 aromatic heterocycles. The number of hydrogen-bond acceptors (Lipinski definition) is 6. The molecule has 6 nitrogen and oxygen atoms in total. The minimum absolute atomic E-state index is 0.476. The molecular weight excluding hydrogens is 490 g/mol. The lowest BCUT2D eigenvalue weighted by molar-refractivity contribution is 0.108. The lowest BCUT2D eigenvalue weighted by Gasteiger charge is -2.26. The summed E-state index contributed by atoms with van der Waals surface area (Å²) < 4.78 is 22.4. The first-order chi connectivity index (χ1) is 18.0. The Morgan fingerprint density at radius 2 is 1.49 bits per heavy atom. The molecule has 0 saturated carbocycles. The molecule has 1 N–H and O–H groups in total. The van der Waals surface area contributed by atoms with Crippen molar-refractivity contribution in [1.29, 1.82) is 0 Å². The normalized spacial score (nSPS) is 11.9. The molecule has 0 aliphatic carbocycles. The molecule has 0 bridgehead atoms. The maximum absolute atomic E-state index is 11.0. The number of benzene rings is 3. The summed E-state index contributed by atoms with van der Waals surface area (Å²) in [6.45, 7) is 6.99. The molecular formula is C30H38ClNO5. The fraction of sp³-hybridized carbons (Fsp3) is 0.400. The van der Waals surface area contributed by atoms with Crippen LogP contribution in [0, 0.1) is 0 Å². The molecule has 0 aliphatic rings. The monoisotopic (exact) mass is 527 g/mol. The highest BCUT2D eigenvalue weighted by molar-refractivity contribution is 6.30. The van der Waals surface area contributed by atoms with Crippen molar-refractivity contribution in [3.8, 4) is 23.0 Å². The SMILES string of the molecule is CCOc1ccc(CN(CCCc2ccc(OC)c(OC)c2)CC(O)c2cccc(Cl)c2)cc1OCC. The van der Waals surface area contributed by atoms with Crippen LogP contribution in [-0.4, -0.2) is 50.5 Å². The van der Waals surface area contributed by atoms with Gasteiger partial charge in [-0.25, -0.2) is 0 Å². The first-order valence-electron chi connectivity index (χ1n) is 12.7. The van der Waals surface area contributed by atoms with E-state index in [9.17, 15) is 5.11 Å². The molecule has 0 spiro atoms. The first-order valence-corrected chi connectivity index (χ1v) is 13.1. The number of aliphatic hydroxyl groups excluding tert-OH is 1. The van der Waals surface area contributed by atoms with Crippen molar-refractivity contribution in [2.24, 2.45) is 0 Å². The molecule has 3 rings (SSSR count). The summed E-state index contributed by atoms with van der Waals surface area (Å²) in [6.07, 6.45) is 1.12. The van der Waals surface area contributed by atoms with Crippen LogP contribution in [0.25, 0.3) is 0 Å². The fourth-order valence-electron chi connectivity index (χ4n) is 4.29. The number of ether oxygens (including phenoxy) is 4. The Kier molecular flexibility index (Phi) is 11.4. The van der Waals surface area contributed by atoms with Gasteiger partial charge in [-0.2, -0.15) is 0 Å². The van der Waals surface area contributed by atoms with Crippen LogP contribution < -0.4 is 18.9 Å². The standard InChI is InChI=1S/C30H38ClNO5/c1-5-36-28-15-13-23(18-30(28)37-6-2)20-32(21-26(33)24-10-7-11-25(31)19-24)16-8-9-22-12-14-27(34-3)29(17-22)35-4/h7,10-15,17-19,26,33H,5-6,8-9,16,20-21H2,1-4H3. The molecule has 3 aromatic rings. The third kappa shape index (κ3) is 8.56. The second-order valence-corrected chi connectivity index (χ2v) is 9.18. The number of nitrogens with zero attached hydrogens (tertiary/aromatic N) is 1. The minimum Gasteiger partial charge on any atom is -0.493 e. The van der Waals surface area contributed by atoms with E-state index < -0.39 is 6.10 Å². The number of aliphatic hydroxyl groups is 1. The van der Waals surface area contributed by atoms with E-state index in [1.165, 1.54) is 5.56 Å². The van der Waals surface area contributed by atoms with Crippen molar-refractivity contribution in [3.63, 3.8) is 0 Å². The Balaban J connectivity index is 1.75. The Bertz CT molecular complexity index is 1120. The van der Waals surface area contributed by atoms with Crippen molar-refractivity contribution in [2.75, 3.05) is 40.5 Å². The van der Waals surface area contributed by atoms with E-state index in [0.29, 0.717) is 31.3 Å². The minimum atomic E-state index is -0.658. The number of aryl methyl sites for hydroxylation is 1. The molecule has 3 aromatic carbocycles. The second-order valence-electron chi connectivity index (χ2n) is 8.75. The summed E-state index contributed by atoms with van der Waals surface area (Å²) in [5.74, 6) is 2.93. The summed E-state index contributed by atoms with van der Waals surface area (Å²) in [5, 5.41) is 11.6. The zero-order chi connectivity index (χ0) is 26.6. The van der Waals surface area contributed by atoms with Gasteiger partial charge in [0, 0.05) is 18.1 Å². The van der Waals surface area contributed by atoms with Gasteiger partial charge in [-0.3, -0.25) is 4.90 Å². The number of methoxy groups -OCH3 is 2. The van der Waals surface area contributed by atoms with E-state index in [-0.39, 0.29) is 0 Å². The van der Waals surface area contributed by atoms with Crippen LogP contribution in [0.3, 0.4) is 0 Å². The predicted molar refractivity (Wildman–Crippen MR) is 148 cm³/mol. The molecule has 37 heavy (non-hydrogen) atoms. The van der Waals surface area contributed by atoms with Crippen molar-refractivity contribution in [2.45, 2.75) is 39.3 Å². The molecule has 200 valence electrons. The molecule has 0 fully saturated rings. The van der Waals surface area contributed by atoms with E-state index >= 15 is 0 Å². The largest absolute Gasteiger partial charge is 0.493 e. The van der Waals surface area contributed by atoms with Gasteiger partial charge in [0.15, 0.2) is 23.0 Å². The van der Waals surface area contributed by atoms with Crippen LogP contribution >= 0.6 is 11.6 Å². The van der Waals surface area contributed by atoms with Gasteiger partial charge in [-0.15, -0.1) is 0 Å². The highest BCUT2D eigenvalue weighted by Gasteiger charge is 2.16. The van der Waals surface area contributed by atoms with Crippen molar-refractivity contribution >= 4 is 11.6 Å². The zero-order valence-corrected chi connectivity index (χ0v) is 23.0.